The number of piperazine rings is 1. The Morgan fingerprint density at radius 2 is 1.83 bits per heavy atom. The van der Waals surface area contributed by atoms with Gasteiger partial charge in [-0.2, -0.15) is 0 Å². The van der Waals surface area contributed by atoms with E-state index in [4.69, 9.17) is 15.2 Å². The lowest BCUT2D eigenvalue weighted by Gasteiger charge is -2.43. The number of nitrogens with zero attached hydrogens (tertiary/aromatic N) is 3. The van der Waals surface area contributed by atoms with Crippen LogP contribution in [0.2, 0.25) is 0 Å². The summed E-state index contributed by atoms with van der Waals surface area (Å²) in [6.07, 6.45) is -1.34. The summed E-state index contributed by atoms with van der Waals surface area (Å²) in [6.45, 7) is 3.84. The van der Waals surface area contributed by atoms with Crippen molar-refractivity contribution in [1.82, 2.24) is 10.2 Å². The van der Waals surface area contributed by atoms with E-state index < -0.39 is 23.8 Å². The predicted octanol–water partition coefficient (Wildman–Crippen LogP) is -0.114. The van der Waals surface area contributed by atoms with Gasteiger partial charge in [-0.05, 0) is 0 Å². The number of halogens is 2. The van der Waals surface area contributed by atoms with E-state index in [1.165, 1.54) is 0 Å². The minimum atomic E-state index is -0.724. The fourth-order valence-corrected chi connectivity index (χ4v) is 3.89. The van der Waals surface area contributed by atoms with E-state index in [-0.39, 0.29) is 36.9 Å². The van der Waals surface area contributed by atoms with Gasteiger partial charge in [-0.25, -0.2) is 13.6 Å². The molecule has 1 aromatic carbocycles. The van der Waals surface area contributed by atoms with E-state index in [1.807, 2.05) is 0 Å². The average Bonchev–Trinajstić information content (AvgIpc) is 3.06. The molecular formula is C19H25F2N5O4. The Morgan fingerprint density at radius 1 is 1.17 bits per heavy atom. The quantitative estimate of drug-likeness (QED) is 0.656. The van der Waals surface area contributed by atoms with Crippen molar-refractivity contribution >= 4 is 23.4 Å². The Hall–Kier alpha value is -2.50. The molecule has 0 bridgehead atoms. The minimum absolute atomic E-state index is 0.0735. The number of anilines is 2. The maximum absolute atomic E-state index is 14.8. The number of ether oxygens (including phenoxy) is 2. The lowest BCUT2D eigenvalue weighted by molar-refractivity contribution is -0.120. The molecule has 1 atom stereocenters. The van der Waals surface area contributed by atoms with Crippen molar-refractivity contribution in [3.05, 3.63) is 23.8 Å². The number of hydrogen-bond acceptors (Lipinski definition) is 7. The average molecular weight is 425 g/mol. The second-order valence-corrected chi connectivity index (χ2v) is 7.60. The molecule has 3 saturated heterocycles. The van der Waals surface area contributed by atoms with Crippen molar-refractivity contribution in [2.24, 2.45) is 5.73 Å². The molecule has 3 aliphatic rings. The molecule has 1 aromatic rings. The zero-order valence-electron chi connectivity index (χ0n) is 16.5. The monoisotopic (exact) mass is 425 g/mol. The van der Waals surface area contributed by atoms with Gasteiger partial charge in [-0.3, -0.25) is 14.6 Å². The van der Waals surface area contributed by atoms with E-state index in [9.17, 15) is 18.4 Å². The van der Waals surface area contributed by atoms with E-state index in [0.717, 1.165) is 17.0 Å². The van der Waals surface area contributed by atoms with Gasteiger partial charge in [0, 0.05) is 38.3 Å². The first-order valence-electron chi connectivity index (χ1n) is 9.97. The summed E-state index contributed by atoms with van der Waals surface area (Å²) in [6, 6.07) is 2.69. The van der Waals surface area contributed by atoms with Gasteiger partial charge in [0.15, 0.2) is 11.6 Å². The molecule has 0 aliphatic carbocycles. The maximum Gasteiger partial charge on any atom is 0.414 e. The summed E-state index contributed by atoms with van der Waals surface area (Å²) in [7, 11) is 0. The summed E-state index contributed by atoms with van der Waals surface area (Å²) < 4.78 is 40.0. The SMILES string of the molecule is NCC(=O)NC[C@H]1CN(c2cc(F)c(N3CCN(C4COC4)CC3)c(F)c2)C(=O)O1. The highest BCUT2D eigenvalue weighted by Crippen LogP contribution is 2.31. The number of carbonyl (C=O) groups is 2. The number of cyclic esters (lactones) is 1. The van der Waals surface area contributed by atoms with Crippen LogP contribution in [0.4, 0.5) is 25.0 Å². The molecule has 2 amide bonds. The number of rotatable bonds is 6. The number of benzene rings is 1. The first kappa shape index (κ1) is 20.8. The number of nitrogens with one attached hydrogen (secondary N) is 1. The van der Waals surface area contributed by atoms with Crippen molar-refractivity contribution < 1.29 is 27.8 Å². The van der Waals surface area contributed by atoms with Crippen LogP contribution in [-0.2, 0) is 14.3 Å². The fraction of sp³-hybridized carbons (Fsp3) is 0.579. The minimum Gasteiger partial charge on any atom is -0.442 e. The molecule has 3 aliphatic heterocycles. The Bertz CT molecular complexity index is 791. The first-order chi connectivity index (χ1) is 14.5. The third kappa shape index (κ3) is 4.18. The van der Waals surface area contributed by atoms with Crippen molar-refractivity contribution in [1.29, 1.82) is 0 Å². The summed E-state index contributed by atoms with van der Waals surface area (Å²) in [5.74, 6) is -1.83. The van der Waals surface area contributed by atoms with E-state index >= 15 is 0 Å². The third-order valence-electron chi connectivity index (χ3n) is 5.67. The van der Waals surface area contributed by atoms with Crippen molar-refractivity contribution in [3.63, 3.8) is 0 Å². The van der Waals surface area contributed by atoms with Crippen molar-refractivity contribution in [2.45, 2.75) is 12.1 Å². The molecule has 3 heterocycles. The van der Waals surface area contributed by atoms with Crippen LogP contribution in [0.1, 0.15) is 0 Å². The normalized spacial score (nSPS) is 22.8. The molecule has 0 spiro atoms. The number of amides is 2. The highest BCUT2D eigenvalue weighted by molar-refractivity contribution is 5.90. The van der Waals surface area contributed by atoms with Crippen LogP contribution in [-0.4, -0.2) is 88.1 Å². The van der Waals surface area contributed by atoms with Gasteiger partial charge in [0.1, 0.15) is 11.8 Å². The molecule has 0 unspecified atom stereocenters. The van der Waals surface area contributed by atoms with Gasteiger partial charge in [0.25, 0.3) is 0 Å². The first-order valence-corrected chi connectivity index (χ1v) is 9.97. The summed E-state index contributed by atoms with van der Waals surface area (Å²) >= 11 is 0. The number of hydrogen-bond donors (Lipinski definition) is 2. The Kier molecular flexibility index (Phi) is 6.02. The lowest BCUT2D eigenvalue weighted by atomic mass is 10.1. The maximum atomic E-state index is 14.8. The van der Waals surface area contributed by atoms with Crippen LogP contribution in [0.15, 0.2) is 12.1 Å². The van der Waals surface area contributed by atoms with Gasteiger partial charge in [-0.15, -0.1) is 0 Å². The van der Waals surface area contributed by atoms with Crippen LogP contribution in [0.25, 0.3) is 0 Å². The molecule has 30 heavy (non-hydrogen) atoms. The summed E-state index contributed by atoms with van der Waals surface area (Å²) in [5.41, 5.74) is 5.22. The molecule has 0 saturated carbocycles. The Labute approximate surface area is 172 Å². The van der Waals surface area contributed by atoms with Crippen LogP contribution in [0, 0.1) is 11.6 Å². The van der Waals surface area contributed by atoms with Gasteiger partial charge in [-0.1, -0.05) is 0 Å². The predicted molar refractivity (Wildman–Crippen MR) is 104 cm³/mol. The van der Waals surface area contributed by atoms with E-state index in [1.54, 1.807) is 4.90 Å². The van der Waals surface area contributed by atoms with Crippen molar-refractivity contribution in [2.75, 3.05) is 68.8 Å². The topological polar surface area (TPSA) is 100 Å². The lowest BCUT2D eigenvalue weighted by Crippen LogP contribution is -2.56. The summed E-state index contributed by atoms with van der Waals surface area (Å²) in [5, 5.41) is 2.53. The molecule has 9 nitrogen and oxygen atoms in total. The molecule has 0 aromatic heterocycles. The zero-order chi connectivity index (χ0) is 21.3. The molecule has 0 radical (unpaired) electrons. The molecular weight excluding hydrogens is 400 g/mol. The standard InChI is InChI=1S/C19H25F2N5O4/c20-15-5-12(26-9-14(30-19(26)28)8-23-17(27)7-22)6-16(21)18(15)25-3-1-24(2-4-25)13-10-29-11-13/h5-6,13-14H,1-4,7-11,22H2,(H,23,27)/t14-/m0/s1. The Balaban J connectivity index is 1.41. The highest BCUT2D eigenvalue weighted by Gasteiger charge is 2.35. The molecule has 4 rings (SSSR count). The molecule has 11 heteroatoms. The van der Waals surface area contributed by atoms with E-state index in [2.05, 4.69) is 10.2 Å². The van der Waals surface area contributed by atoms with Gasteiger partial charge in [0.2, 0.25) is 5.91 Å². The van der Waals surface area contributed by atoms with Gasteiger partial charge in [0.05, 0.1) is 44.6 Å². The Morgan fingerprint density at radius 3 is 2.40 bits per heavy atom. The third-order valence-corrected chi connectivity index (χ3v) is 5.67. The van der Waals surface area contributed by atoms with Crippen LogP contribution in [0.5, 0.6) is 0 Å². The fourth-order valence-electron chi connectivity index (χ4n) is 3.89. The molecule has 164 valence electrons. The molecule has 3 fully saturated rings. The van der Waals surface area contributed by atoms with Gasteiger partial charge >= 0.3 is 6.09 Å². The van der Waals surface area contributed by atoms with Gasteiger partial charge < -0.3 is 25.4 Å². The zero-order valence-corrected chi connectivity index (χ0v) is 16.5. The van der Waals surface area contributed by atoms with Crippen LogP contribution in [0.3, 0.4) is 0 Å². The second-order valence-electron chi connectivity index (χ2n) is 7.60. The largest absolute Gasteiger partial charge is 0.442 e. The number of carbonyl (C=O) groups excluding carboxylic acids is 2. The highest BCUT2D eigenvalue weighted by atomic mass is 19.1. The molecule has 3 N–H and O–H groups in total. The smallest absolute Gasteiger partial charge is 0.414 e. The second kappa shape index (κ2) is 8.70. The van der Waals surface area contributed by atoms with Crippen molar-refractivity contribution in [3.8, 4) is 0 Å². The van der Waals surface area contributed by atoms with E-state index in [0.29, 0.717) is 45.4 Å². The number of nitrogens with two attached hydrogens (primary N) is 1. The van der Waals surface area contributed by atoms with Crippen LogP contribution >= 0.6 is 0 Å². The summed E-state index contributed by atoms with van der Waals surface area (Å²) in [4.78, 5) is 28.5. The van der Waals surface area contributed by atoms with Crippen LogP contribution < -0.4 is 20.9 Å².